The van der Waals surface area contributed by atoms with Gasteiger partial charge in [-0.15, -0.1) is 0 Å². The smallest absolute Gasteiger partial charge is 0.267 e. The topological polar surface area (TPSA) is 58.6 Å². The second-order valence-electron chi connectivity index (χ2n) is 3.70. The average Bonchev–Trinajstić information content (AvgIpc) is 2.38. The standard InChI is InChI=1S/C13H16ClNO3/c1-2-3-8-18-12-6-4-10(9-11(12)14)5-7-13(16)15-17/h4-7,9,17H,2-3,8H2,1H3,(H,15,16)/b7-5+. The van der Waals surface area contributed by atoms with Gasteiger partial charge in [0.1, 0.15) is 5.75 Å². The van der Waals surface area contributed by atoms with E-state index in [4.69, 9.17) is 21.5 Å². The van der Waals surface area contributed by atoms with E-state index in [0.29, 0.717) is 17.4 Å². The molecule has 5 heteroatoms. The zero-order valence-corrected chi connectivity index (χ0v) is 10.9. The third-order valence-corrected chi connectivity index (χ3v) is 2.54. The molecule has 1 aromatic carbocycles. The number of hydroxylamine groups is 1. The predicted molar refractivity (Wildman–Crippen MR) is 70.8 cm³/mol. The highest BCUT2D eigenvalue weighted by molar-refractivity contribution is 6.32. The molecule has 0 saturated carbocycles. The normalized spacial score (nSPS) is 10.6. The Morgan fingerprint density at radius 1 is 1.56 bits per heavy atom. The van der Waals surface area contributed by atoms with Crippen LogP contribution >= 0.6 is 11.6 Å². The zero-order chi connectivity index (χ0) is 13.4. The Labute approximate surface area is 111 Å². The molecule has 0 bridgehead atoms. The third-order valence-electron chi connectivity index (χ3n) is 2.25. The van der Waals surface area contributed by atoms with Gasteiger partial charge in [-0.05, 0) is 30.2 Å². The van der Waals surface area contributed by atoms with E-state index < -0.39 is 5.91 Å². The minimum Gasteiger partial charge on any atom is -0.492 e. The quantitative estimate of drug-likeness (QED) is 0.361. The van der Waals surface area contributed by atoms with Crippen LogP contribution in [0.5, 0.6) is 5.75 Å². The molecule has 18 heavy (non-hydrogen) atoms. The molecular weight excluding hydrogens is 254 g/mol. The number of rotatable bonds is 6. The molecule has 0 fully saturated rings. The fraction of sp³-hybridized carbons (Fsp3) is 0.308. The summed E-state index contributed by atoms with van der Waals surface area (Å²) in [5.41, 5.74) is 2.27. The number of hydrogen-bond acceptors (Lipinski definition) is 3. The summed E-state index contributed by atoms with van der Waals surface area (Å²) in [6.45, 7) is 2.73. The summed E-state index contributed by atoms with van der Waals surface area (Å²) in [5, 5.41) is 8.83. The number of amides is 1. The molecule has 0 unspecified atom stereocenters. The van der Waals surface area contributed by atoms with Crippen LogP contribution in [-0.4, -0.2) is 17.7 Å². The Hall–Kier alpha value is -1.52. The fourth-order valence-corrected chi connectivity index (χ4v) is 1.52. The van der Waals surface area contributed by atoms with Crippen molar-refractivity contribution in [1.29, 1.82) is 0 Å². The summed E-state index contributed by atoms with van der Waals surface area (Å²) in [5.74, 6) is 0.0447. The maximum absolute atomic E-state index is 10.8. The Morgan fingerprint density at radius 3 is 2.94 bits per heavy atom. The van der Waals surface area contributed by atoms with Gasteiger partial charge in [-0.2, -0.15) is 0 Å². The van der Waals surface area contributed by atoms with Crippen molar-refractivity contribution >= 4 is 23.6 Å². The number of benzene rings is 1. The molecule has 98 valence electrons. The summed E-state index contributed by atoms with van der Waals surface area (Å²) in [6.07, 6.45) is 4.81. The van der Waals surface area contributed by atoms with Crippen LogP contribution in [0.3, 0.4) is 0 Å². The van der Waals surface area contributed by atoms with Gasteiger partial charge in [0.15, 0.2) is 0 Å². The summed E-state index contributed by atoms with van der Waals surface area (Å²) >= 11 is 6.05. The van der Waals surface area contributed by atoms with E-state index in [2.05, 4.69) is 6.92 Å². The Bertz CT molecular complexity index is 432. The van der Waals surface area contributed by atoms with Crippen LogP contribution in [0.1, 0.15) is 25.3 Å². The Kier molecular flexibility index (Phi) is 6.25. The van der Waals surface area contributed by atoms with Crippen LogP contribution in [0.2, 0.25) is 5.02 Å². The van der Waals surface area contributed by atoms with Gasteiger partial charge in [0.25, 0.3) is 5.91 Å². The lowest BCUT2D eigenvalue weighted by Crippen LogP contribution is -2.14. The highest BCUT2D eigenvalue weighted by Crippen LogP contribution is 2.26. The van der Waals surface area contributed by atoms with Gasteiger partial charge in [0, 0.05) is 6.08 Å². The number of ether oxygens (including phenoxy) is 1. The van der Waals surface area contributed by atoms with Gasteiger partial charge in [0.2, 0.25) is 0 Å². The van der Waals surface area contributed by atoms with Gasteiger partial charge in [-0.1, -0.05) is 31.0 Å². The first-order valence-electron chi connectivity index (χ1n) is 5.72. The number of unbranched alkanes of at least 4 members (excludes halogenated alkanes) is 1. The monoisotopic (exact) mass is 269 g/mol. The van der Waals surface area contributed by atoms with Crippen LogP contribution in [0.4, 0.5) is 0 Å². The van der Waals surface area contributed by atoms with E-state index >= 15 is 0 Å². The van der Waals surface area contributed by atoms with Crippen molar-refractivity contribution in [2.75, 3.05) is 6.61 Å². The predicted octanol–water partition coefficient (Wildman–Crippen LogP) is 3.04. The SMILES string of the molecule is CCCCOc1ccc(/C=C/C(=O)NO)cc1Cl. The maximum Gasteiger partial charge on any atom is 0.267 e. The van der Waals surface area contributed by atoms with Gasteiger partial charge < -0.3 is 4.74 Å². The Balaban J connectivity index is 2.67. The molecule has 1 amide bonds. The van der Waals surface area contributed by atoms with Crippen LogP contribution in [0.15, 0.2) is 24.3 Å². The maximum atomic E-state index is 10.8. The lowest BCUT2D eigenvalue weighted by atomic mass is 10.2. The van der Waals surface area contributed by atoms with Crippen molar-refractivity contribution < 1.29 is 14.7 Å². The highest BCUT2D eigenvalue weighted by Gasteiger charge is 2.02. The first-order chi connectivity index (χ1) is 8.67. The number of carbonyl (C=O) groups excluding carboxylic acids is 1. The van der Waals surface area contributed by atoms with E-state index in [0.717, 1.165) is 18.4 Å². The lowest BCUT2D eigenvalue weighted by Gasteiger charge is -2.07. The van der Waals surface area contributed by atoms with E-state index in [1.165, 1.54) is 11.6 Å². The van der Waals surface area contributed by atoms with Crippen LogP contribution in [-0.2, 0) is 4.79 Å². The molecule has 0 aromatic heterocycles. The molecule has 0 heterocycles. The van der Waals surface area contributed by atoms with Gasteiger partial charge in [0.05, 0.1) is 11.6 Å². The van der Waals surface area contributed by atoms with E-state index in [1.807, 2.05) is 0 Å². The van der Waals surface area contributed by atoms with Crippen molar-refractivity contribution in [3.63, 3.8) is 0 Å². The number of hydrogen-bond donors (Lipinski definition) is 2. The molecule has 0 aliphatic carbocycles. The third kappa shape index (κ3) is 4.77. The van der Waals surface area contributed by atoms with Crippen molar-refractivity contribution in [2.24, 2.45) is 0 Å². The number of carbonyl (C=O) groups is 1. The first-order valence-corrected chi connectivity index (χ1v) is 6.09. The van der Waals surface area contributed by atoms with Crippen LogP contribution in [0, 0.1) is 0 Å². The molecule has 0 saturated heterocycles. The lowest BCUT2D eigenvalue weighted by molar-refractivity contribution is -0.124. The van der Waals surface area contributed by atoms with E-state index in [9.17, 15) is 4.79 Å². The second-order valence-corrected chi connectivity index (χ2v) is 4.11. The molecule has 0 aliphatic rings. The average molecular weight is 270 g/mol. The Morgan fingerprint density at radius 2 is 2.33 bits per heavy atom. The molecule has 0 spiro atoms. The summed E-state index contributed by atoms with van der Waals surface area (Å²) < 4.78 is 5.50. The molecule has 0 radical (unpaired) electrons. The van der Waals surface area contributed by atoms with Gasteiger partial charge in [-0.3, -0.25) is 10.0 Å². The van der Waals surface area contributed by atoms with Gasteiger partial charge >= 0.3 is 0 Å². The minimum absolute atomic E-state index is 0.498. The summed E-state index contributed by atoms with van der Waals surface area (Å²) in [6, 6.07) is 5.24. The molecule has 0 aliphatic heterocycles. The van der Waals surface area contributed by atoms with Gasteiger partial charge in [-0.25, -0.2) is 5.48 Å². The summed E-state index contributed by atoms with van der Waals surface area (Å²) in [7, 11) is 0. The first kappa shape index (κ1) is 14.5. The molecule has 4 nitrogen and oxygen atoms in total. The van der Waals surface area contributed by atoms with E-state index in [1.54, 1.807) is 24.3 Å². The van der Waals surface area contributed by atoms with E-state index in [-0.39, 0.29) is 0 Å². The van der Waals surface area contributed by atoms with Crippen molar-refractivity contribution in [2.45, 2.75) is 19.8 Å². The zero-order valence-electron chi connectivity index (χ0n) is 10.1. The highest BCUT2D eigenvalue weighted by atomic mass is 35.5. The fourth-order valence-electron chi connectivity index (χ4n) is 1.27. The molecular formula is C13H16ClNO3. The molecule has 1 aromatic rings. The minimum atomic E-state index is -0.589. The van der Waals surface area contributed by atoms with Crippen molar-refractivity contribution in [1.82, 2.24) is 5.48 Å². The molecule has 0 atom stereocenters. The summed E-state index contributed by atoms with van der Waals surface area (Å²) in [4.78, 5) is 10.8. The largest absolute Gasteiger partial charge is 0.492 e. The number of nitrogens with one attached hydrogen (secondary N) is 1. The second kappa shape index (κ2) is 7.74. The number of halogens is 1. The van der Waals surface area contributed by atoms with Crippen LogP contribution < -0.4 is 10.2 Å². The molecule has 1 rings (SSSR count). The van der Waals surface area contributed by atoms with Crippen LogP contribution in [0.25, 0.3) is 6.08 Å². The van der Waals surface area contributed by atoms with Crippen molar-refractivity contribution in [3.05, 3.63) is 34.9 Å². The molecule has 2 N–H and O–H groups in total. The van der Waals surface area contributed by atoms with Crippen molar-refractivity contribution in [3.8, 4) is 5.75 Å².